The monoisotopic (exact) mass is 366 g/mol. The molecule has 0 amide bonds. The number of anilines is 2. The third-order valence-electron chi connectivity index (χ3n) is 4.20. The molecule has 0 unspecified atom stereocenters. The van der Waals surface area contributed by atoms with Crippen LogP contribution >= 0.6 is 11.6 Å². The zero-order valence-electron chi connectivity index (χ0n) is 15.0. The summed E-state index contributed by atoms with van der Waals surface area (Å²) in [7, 11) is 0. The Balaban J connectivity index is 1.88. The fourth-order valence-corrected chi connectivity index (χ4v) is 2.71. The molecule has 0 fully saturated rings. The van der Waals surface area contributed by atoms with Crippen molar-refractivity contribution >= 4 is 23.4 Å². The van der Waals surface area contributed by atoms with Crippen molar-refractivity contribution in [2.45, 2.75) is 32.9 Å². The largest absolute Gasteiger partial charge is 0.366 e. The highest BCUT2D eigenvalue weighted by molar-refractivity contribution is 6.31. The van der Waals surface area contributed by atoms with Crippen molar-refractivity contribution in [1.82, 2.24) is 9.97 Å². The quantitative estimate of drug-likeness (QED) is 0.569. The molecule has 2 N–H and O–H groups in total. The first-order valence-corrected chi connectivity index (χ1v) is 9.22. The maximum atomic E-state index is 6.25. The normalized spacial score (nSPS) is 11.8. The van der Waals surface area contributed by atoms with Crippen LogP contribution in [0.4, 0.5) is 11.8 Å². The van der Waals surface area contributed by atoms with Gasteiger partial charge in [0, 0.05) is 29.2 Å². The van der Waals surface area contributed by atoms with Gasteiger partial charge in [0.2, 0.25) is 5.95 Å². The molecular weight excluding hydrogens is 344 g/mol. The van der Waals surface area contributed by atoms with Crippen LogP contribution in [0.25, 0.3) is 11.3 Å². The lowest BCUT2D eigenvalue weighted by molar-refractivity contribution is 0.753. The van der Waals surface area contributed by atoms with Gasteiger partial charge in [-0.1, -0.05) is 67.1 Å². The summed E-state index contributed by atoms with van der Waals surface area (Å²) in [6.45, 7) is 4.86. The predicted molar refractivity (Wildman–Crippen MR) is 110 cm³/mol. The van der Waals surface area contributed by atoms with E-state index in [-0.39, 0.29) is 0 Å². The molecule has 0 saturated carbocycles. The van der Waals surface area contributed by atoms with E-state index < -0.39 is 0 Å². The van der Waals surface area contributed by atoms with E-state index in [1.54, 1.807) is 0 Å². The van der Waals surface area contributed by atoms with Crippen LogP contribution in [-0.2, 0) is 6.54 Å². The van der Waals surface area contributed by atoms with Crippen molar-refractivity contribution < 1.29 is 0 Å². The molecule has 0 bridgehead atoms. The van der Waals surface area contributed by atoms with Gasteiger partial charge in [-0.2, -0.15) is 4.98 Å². The highest BCUT2D eigenvalue weighted by Crippen LogP contribution is 2.23. The van der Waals surface area contributed by atoms with Gasteiger partial charge in [0.1, 0.15) is 5.82 Å². The van der Waals surface area contributed by atoms with E-state index in [1.807, 2.05) is 60.7 Å². The summed E-state index contributed by atoms with van der Waals surface area (Å²) >= 11 is 6.25. The Morgan fingerprint density at radius 3 is 2.46 bits per heavy atom. The Labute approximate surface area is 159 Å². The zero-order chi connectivity index (χ0) is 18.4. The number of halogens is 1. The SMILES string of the molecule is CC[C@@H](C)Nc1nc(NCc2ccccc2Cl)cc(-c2ccccc2)n1. The number of nitrogens with zero attached hydrogens (tertiary/aromatic N) is 2. The average molecular weight is 367 g/mol. The number of nitrogens with one attached hydrogen (secondary N) is 2. The fourth-order valence-electron chi connectivity index (χ4n) is 2.51. The molecule has 1 atom stereocenters. The lowest BCUT2D eigenvalue weighted by atomic mass is 10.1. The van der Waals surface area contributed by atoms with Gasteiger partial charge in [0.15, 0.2) is 0 Å². The number of hydrogen-bond donors (Lipinski definition) is 2. The molecule has 1 aromatic heterocycles. The van der Waals surface area contributed by atoms with E-state index in [9.17, 15) is 0 Å². The second kappa shape index (κ2) is 8.68. The Kier molecular flexibility index (Phi) is 6.08. The summed E-state index contributed by atoms with van der Waals surface area (Å²) in [6.07, 6.45) is 1.00. The minimum Gasteiger partial charge on any atom is -0.366 e. The van der Waals surface area contributed by atoms with E-state index in [2.05, 4.69) is 34.4 Å². The summed E-state index contributed by atoms with van der Waals surface area (Å²) in [5, 5.41) is 7.48. The highest BCUT2D eigenvalue weighted by Gasteiger charge is 2.09. The molecule has 3 rings (SSSR count). The molecular formula is C21H23ClN4. The molecule has 3 aromatic rings. The van der Waals surface area contributed by atoms with E-state index in [0.29, 0.717) is 18.5 Å². The molecule has 0 radical (unpaired) electrons. The van der Waals surface area contributed by atoms with Gasteiger partial charge in [0.05, 0.1) is 5.69 Å². The lowest BCUT2D eigenvalue weighted by Crippen LogP contribution is -2.16. The van der Waals surface area contributed by atoms with Crippen molar-refractivity contribution in [3.63, 3.8) is 0 Å². The fraction of sp³-hybridized carbons (Fsp3) is 0.238. The Morgan fingerprint density at radius 1 is 1.00 bits per heavy atom. The van der Waals surface area contributed by atoms with Crippen molar-refractivity contribution in [2.24, 2.45) is 0 Å². The standard InChI is InChI=1S/C21H23ClN4/c1-3-15(2)24-21-25-19(16-9-5-4-6-10-16)13-20(26-21)23-14-17-11-7-8-12-18(17)22/h4-13,15H,3,14H2,1-2H3,(H2,23,24,25,26)/t15-/m1/s1. The van der Waals surface area contributed by atoms with Gasteiger partial charge in [-0.3, -0.25) is 0 Å². The maximum Gasteiger partial charge on any atom is 0.225 e. The third-order valence-corrected chi connectivity index (χ3v) is 4.57. The van der Waals surface area contributed by atoms with Gasteiger partial charge >= 0.3 is 0 Å². The number of rotatable bonds is 7. The van der Waals surface area contributed by atoms with Crippen LogP contribution in [0.5, 0.6) is 0 Å². The third kappa shape index (κ3) is 4.73. The minimum atomic E-state index is 0.303. The van der Waals surface area contributed by atoms with Crippen LogP contribution in [0.2, 0.25) is 5.02 Å². The van der Waals surface area contributed by atoms with E-state index in [4.69, 9.17) is 11.6 Å². The smallest absolute Gasteiger partial charge is 0.225 e. The Bertz CT molecular complexity index is 852. The van der Waals surface area contributed by atoms with Crippen molar-refractivity contribution in [2.75, 3.05) is 10.6 Å². The number of aromatic nitrogens is 2. The summed E-state index contributed by atoms with van der Waals surface area (Å²) in [5.41, 5.74) is 2.97. The van der Waals surface area contributed by atoms with Gasteiger partial charge in [0.25, 0.3) is 0 Å². The maximum absolute atomic E-state index is 6.25. The van der Waals surface area contributed by atoms with Crippen LogP contribution < -0.4 is 10.6 Å². The van der Waals surface area contributed by atoms with Gasteiger partial charge < -0.3 is 10.6 Å². The van der Waals surface area contributed by atoms with Crippen molar-refractivity contribution in [1.29, 1.82) is 0 Å². The summed E-state index contributed by atoms with van der Waals surface area (Å²) in [4.78, 5) is 9.29. The average Bonchev–Trinajstić information content (AvgIpc) is 2.68. The molecule has 2 aromatic carbocycles. The van der Waals surface area contributed by atoms with Crippen LogP contribution in [0.15, 0.2) is 60.7 Å². The molecule has 134 valence electrons. The lowest BCUT2D eigenvalue weighted by Gasteiger charge is -2.15. The topological polar surface area (TPSA) is 49.8 Å². The highest BCUT2D eigenvalue weighted by atomic mass is 35.5. The van der Waals surface area contributed by atoms with Gasteiger partial charge in [-0.05, 0) is 25.0 Å². The summed E-state index contributed by atoms with van der Waals surface area (Å²) in [6, 6.07) is 20.2. The molecule has 4 nitrogen and oxygen atoms in total. The van der Waals surface area contributed by atoms with Crippen LogP contribution in [0.3, 0.4) is 0 Å². The Hall–Kier alpha value is -2.59. The van der Waals surface area contributed by atoms with Crippen molar-refractivity contribution in [3.05, 3.63) is 71.2 Å². The molecule has 0 saturated heterocycles. The first-order valence-electron chi connectivity index (χ1n) is 8.84. The van der Waals surface area contributed by atoms with Crippen LogP contribution in [0, 0.1) is 0 Å². The first-order chi connectivity index (χ1) is 12.7. The van der Waals surface area contributed by atoms with E-state index in [1.165, 1.54) is 0 Å². The molecule has 26 heavy (non-hydrogen) atoms. The van der Waals surface area contributed by atoms with Gasteiger partial charge in [-0.15, -0.1) is 0 Å². The molecule has 0 spiro atoms. The van der Waals surface area contributed by atoms with E-state index in [0.717, 1.165) is 34.1 Å². The predicted octanol–water partition coefficient (Wildman–Crippen LogP) is 5.62. The van der Waals surface area contributed by atoms with E-state index >= 15 is 0 Å². The summed E-state index contributed by atoms with van der Waals surface area (Å²) in [5.74, 6) is 1.40. The van der Waals surface area contributed by atoms with Gasteiger partial charge in [-0.25, -0.2) is 4.98 Å². The molecule has 0 aliphatic carbocycles. The first kappa shape index (κ1) is 18.2. The number of benzene rings is 2. The second-order valence-corrected chi connectivity index (χ2v) is 6.63. The zero-order valence-corrected chi connectivity index (χ0v) is 15.8. The van der Waals surface area contributed by atoms with Crippen molar-refractivity contribution in [3.8, 4) is 11.3 Å². The molecule has 0 aliphatic rings. The number of hydrogen-bond acceptors (Lipinski definition) is 4. The molecule has 1 heterocycles. The molecule has 0 aliphatic heterocycles. The van der Waals surface area contributed by atoms with Crippen LogP contribution in [0.1, 0.15) is 25.8 Å². The van der Waals surface area contributed by atoms with Crippen LogP contribution in [-0.4, -0.2) is 16.0 Å². The Morgan fingerprint density at radius 2 is 1.73 bits per heavy atom. The minimum absolute atomic E-state index is 0.303. The molecule has 5 heteroatoms. The second-order valence-electron chi connectivity index (χ2n) is 6.23. The summed E-state index contributed by atoms with van der Waals surface area (Å²) < 4.78 is 0.